The van der Waals surface area contributed by atoms with Gasteiger partial charge in [-0.2, -0.15) is 0 Å². The molecule has 0 heterocycles. The molecule has 1 fully saturated rings. The van der Waals surface area contributed by atoms with E-state index in [1.165, 1.54) is 44.9 Å². The molecule has 0 radical (unpaired) electrons. The van der Waals surface area contributed by atoms with Crippen LogP contribution in [0.15, 0.2) is 0 Å². The minimum absolute atomic E-state index is 0.273. The van der Waals surface area contributed by atoms with Crippen molar-refractivity contribution in [2.45, 2.75) is 51.4 Å². The van der Waals surface area contributed by atoms with E-state index >= 15 is 0 Å². The van der Waals surface area contributed by atoms with Crippen molar-refractivity contribution in [2.24, 2.45) is 11.1 Å². The summed E-state index contributed by atoms with van der Waals surface area (Å²) in [5, 5.41) is 9.02. The van der Waals surface area contributed by atoms with E-state index in [9.17, 15) is 0 Å². The van der Waals surface area contributed by atoms with Crippen molar-refractivity contribution < 1.29 is 5.11 Å². The average Bonchev–Trinajstić information content (AvgIpc) is 2.10. The number of hydrogen-bond donors (Lipinski definition) is 2. The third kappa shape index (κ3) is 3.28. The average molecular weight is 185 g/mol. The Hall–Kier alpha value is -0.0800. The summed E-state index contributed by atoms with van der Waals surface area (Å²) in [7, 11) is 0. The molecule has 0 aromatic carbocycles. The number of rotatable bonds is 3. The molecule has 1 aliphatic rings. The van der Waals surface area contributed by atoms with Crippen LogP contribution in [0.5, 0.6) is 0 Å². The van der Waals surface area contributed by atoms with Crippen LogP contribution in [0.1, 0.15) is 51.4 Å². The second kappa shape index (κ2) is 5.61. The molecule has 1 saturated carbocycles. The fraction of sp³-hybridized carbons (Fsp3) is 1.00. The number of aliphatic hydroxyl groups excluding tert-OH is 1. The SMILES string of the molecule is NCC1(CCO)CCCCCCC1. The zero-order chi connectivity index (χ0) is 9.57. The molecule has 0 saturated heterocycles. The molecule has 2 heteroatoms. The fourth-order valence-electron chi connectivity index (χ4n) is 2.45. The highest BCUT2D eigenvalue weighted by molar-refractivity contribution is 4.81. The minimum Gasteiger partial charge on any atom is -0.396 e. The first-order valence-corrected chi connectivity index (χ1v) is 5.64. The van der Waals surface area contributed by atoms with Gasteiger partial charge in [0, 0.05) is 6.61 Å². The molecule has 0 atom stereocenters. The van der Waals surface area contributed by atoms with Crippen molar-refractivity contribution in [2.75, 3.05) is 13.2 Å². The smallest absolute Gasteiger partial charge is 0.0436 e. The van der Waals surface area contributed by atoms with Gasteiger partial charge < -0.3 is 10.8 Å². The Morgan fingerprint density at radius 1 is 1.00 bits per heavy atom. The summed E-state index contributed by atoms with van der Waals surface area (Å²) in [6, 6.07) is 0. The van der Waals surface area contributed by atoms with E-state index in [0.717, 1.165) is 13.0 Å². The predicted molar refractivity (Wildman–Crippen MR) is 55.5 cm³/mol. The Bertz CT molecular complexity index is 128. The summed E-state index contributed by atoms with van der Waals surface area (Å²) in [4.78, 5) is 0. The molecule has 0 bridgehead atoms. The van der Waals surface area contributed by atoms with Gasteiger partial charge in [0.1, 0.15) is 0 Å². The zero-order valence-electron chi connectivity index (χ0n) is 8.60. The van der Waals surface area contributed by atoms with Crippen molar-refractivity contribution in [1.82, 2.24) is 0 Å². The van der Waals surface area contributed by atoms with Crippen LogP contribution in [0.25, 0.3) is 0 Å². The molecule has 13 heavy (non-hydrogen) atoms. The summed E-state index contributed by atoms with van der Waals surface area (Å²) < 4.78 is 0. The minimum atomic E-state index is 0.273. The van der Waals surface area contributed by atoms with Crippen LogP contribution < -0.4 is 5.73 Å². The maximum absolute atomic E-state index is 9.02. The van der Waals surface area contributed by atoms with Gasteiger partial charge in [-0.15, -0.1) is 0 Å². The summed E-state index contributed by atoms with van der Waals surface area (Å²) in [6.07, 6.45) is 10.1. The Balaban J connectivity index is 2.47. The maximum atomic E-state index is 9.02. The molecule has 0 amide bonds. The van der Waals surface area contributed by atoms with Crippen LogP contribution in [-0.2, 0) is 0 Å². The Morgan fingerprint density at radius 3 is 2.00 bits per heavy atom. The van der Waals surface area contributed by atoms with E-state index < -0.39 is 0 Å². The summed E-state index contributed by atoms with van der Waals surface area (Å²) in [5.41, 5.74) is 6.11. The van der Waals surface area contributed by atoms with Gasteiger partial charge in [0.15, 0.2) is 0 Å². The van der Waals surface area contributed by atoms with Gasteiger partial charge in [-0.3, -0.25) is 0 Å². The van der Waals surface area contributed by atoms with E-state index in [-0.39, 0.29) is 5.41 Å². The second-order valence-corrected chi connectivity index (χ2v) is 4.45. The van der Waals surface area contributed by atoms with Gasteiger partial charge in [0.2, 0.25) is 0 Å². The predicted octanol–water partition coefficient (Wildman–Crippen LogP) is 2.06. The van der Waals surface area contributed by atoms with Crippen LogP contribution in [0.3, 0.4) is 0 Å². The van der Waals surface area contributed by atoms with Gasteiger partial charge in [-0.25, -0.2) is 0 Å². The first-order valence-electron chi connectivity index (χ1n) is 5.64. The molecule has 0 spiro atoms. The molecule has 78 valence electrons. The van der Waals surface area contributed by atoms with E-state index in [1.54, 1.807) is 0 Å². The van der Waals surface area contributed by atoms with E-state index in [0.29, 0.717) is 6.61 Å². The molecule has 0 unspecified atom stereocenters. The topological polar surface area (TPSA) is 46.2 Å². The van der Waals surface area contributed by atoms with Crippen LogP contribution in [0, 0.1) is 5.41 Å². The van der Waals surface area contributed by atoms with Gasteiger partial charge in [0.25, 0.3) is 0 Å². The van der Waals surface area contributed by atoms with Crippen LogP contribution >= 0.6 is 0 Å². The standard InChI is InChI=1S/C11H23NO/c12-10-11(8-9-13)6-4-2-1-3-5-7-11/h13H,1-10,12H2. The van der Waals surface area contributed by atoms with Gasteiger partial charge in [0.05, 0.1) is 0 Å². The van der Waals surface area contributed by atoms with E-state index in [1.807, 2.05) is 0 Å². The molecular weight excluding hydrogens is 162 g/mol. The third-order valence-electron chi connectivity index (χ3n) is 3.49. The molecule has 3 N–H and O–H groups in total. The molecule has 0 aromatic rings. The van der Waals surface area contributed by atoms with Crippen LogP contribution in [-0.4, -0.2) is 18.3 Å². The maximum Gasteiger partial charge on any atom is 0.0436 e. The van der Waals surface area contributed by atoms with Gasteiger partial charge in [-0.05, 0) is 31.2 Å². The highest BCUT2D eigenvalue weighted by Crippen LogP contribution is 2.35. The normalized spacial score (nSPS) is 23.5. The molecule has 0 aliphatic heterocycles. The zero-order valence-corrected chi connectivity index (χ0v) is 8.60. The van der Waals surface area contributed by atoms with E-state index in [2.05, 4.69) is 0 Å². The summed E-state index contributed by atoms with van der Waals surface area (Å²) in [6.45, 7) is 1.06. The van der Waals surface area contributed by atoms with Crippen molar-refractivity contribution in [3.63, 3.8) is 0 Å². The molecule has 0 aromatic heterocycles. The first kappa shape index (κ1) is 11.0. The molecular formula is C11H23NO. The first-order chi connectivity index (χ1) is 6.33. The van der Waals surface area contributed by atoms with Crippen molar-refractivity contribution in [1.29, 1.82) is 0 Å². The van der Waals surface area contributed by atoms with Gasteiger partial charge in [-0.1, -0.05) is 32.1 Å². The number of hydrogen-bond acceptors (Lipinski definition) is 2. The molecule has 2 nitrogen and oxygen atoms in total. The van der Waals surface area contributed by atoms with E-state index in [4.69, 9.17) is 10.8 Å². The van der Waals surface area contributed by atoms with Crippen LogP contribution in [0.4, 0.5) is 0 Å². The summed E-state index contributed by atoms with van der Waals surface area (Å²) >= 11 is 0. The van der Waals surface area contributed by atoms with Crippen molar-refractivity contribution in [3.05, 3.63) is 0 Å². The monoisotopic (exact) mass is 185 g/mol. The summed E-state index contributed by atoms with van der Waals surface area (Å²) in [5.74, 6) is 0. The third-order valence-corrected chi connectivity index (χ3v) is 3.49. The van der Waals surface area contributed by atoms with Crippen LogP contribution in [0.2, 0.25) is 0 Å². The second-order valence-electron chi connectivity index (χ2n) is 4.45. The largest absolute Gasteiger partial charge is 0.396 e. The Labute approximate surface area is 81.5 Å². The molecule has 1 rings (SSSR count). The van der Waals surface area contributed by atoms with Crippen molar-refractivity contribution >= 4 is 0 Å². The highest BCUT2D eigenvalue weighted by atomic mass is 16.3. The molecule has 1 aliphatic carbocycles. The van der Waals surface area contributed by atoms with Gasteiger partial charge >= 0.3 is 0 Å². The lowest BCUT2D eigenvalue weighted by Crippen LogP contribution is -2.32. The Morgan fingerprint density at radius 2 is 1.54 bits per heavy atom. The number of nitrogens with two attached hydrogens (primary N) is 1. The fourth-order valence-corrected chi connectivity index (χ4v) is 2.45. The lowest BCUT2D eigenvalue weighted by Gasteiger charge is -2.33. The lowest BCUT2D eigenvalue weighted by atomic mass is 9.74. The highest BCUT2D eigenvalue weighted by Gasteiger charge is 2.27. The quantitative estimate of drug-likeness (QED) is 0.707. The van der Waals surface area contributed by atoms with Crippen molar-refractivity contribution in [3.8, 4) is 0 Å². The number of aliphatic hydroxyl groups is 1. The lowest BCUT2D eigenvalue weighted by molar-refractivity contribution is 0.149. The Kier molecular flexibility index (Phi) is 4.74.